The SMILES string of the molecule is CC(O)COC(=O)Cc1ccc(-c2ccccc2)cc1. The summed E-state index contributed by atoms with van der Waals surface area (Å²) in [5.74, 6) is -0.321. The first kappa shape index (κ1) is 14.3. The van der Waals surface area contributed by atoms with Gasteiger partial charge in [-0.2, -0.15) is 0 Å². The largest absolute Gasteiger partial charge is 0.463 e. The molecule has 2 aromatic rings. The average Bonchev–Trinajstić information content (AvgIpc) is 2.47. The van der Waals surface area contributed by atoms with Gasteiger partial charge in [0.25, 0.3) is 0 Å². The number of carbonyl (C=O) groups is 1. The number of aliphatic hydroxyl groups is 1. The van der Waals surface area contributed by atoms with E-state index in [9.17, 15) is 4.79 Å². The summed E-state index contributed by atoms with van der Waals surface area (Å²) in [5.41, 5.74) is 3.17. The van der Waals surface area contributed by atoms with Gasteiger partial charge in [0.05, 0.1) is 12.5 Å². The molecule has 0 aliphatic heterocycles. The van der Waals surface area contributed by atoms with Crippen LogP contribution in [0.1, 0.15) is 12.5 Å². The van der Waals surface area contributed by atoms with E-state index in [1.54, 1.807) is 6.92 Å². The summed E-state index contributed by atoms with van der Waals surface area (Å²) in [6.07, 6.45) is -0.402. The van der Waals surface area contributed by atoms with Gasteiger partial charge < -0.3 is 9.84 Å². The van der Waals surface area contributed by atoms with Gasteiger partial charge in [0.2, 0.25) is 0 Å². The van der Waals surface area contributed by atoms with E-state index in [-0.39, 0.29) is 19.0 Å². The number of rotatable bonds is 5. The van der Waals surface area contributed by atoms with Crippen LogP contribution in [0.4, 0.5) is 0 Å². The minimum Gasteiger partial charge on any atom is -0.463 e. The summed E-state index contributed by atoms with van der Waals surface area (Å²) in [6, 6.07) is 17.9. The normalized spacial score (nSPS) is 11.9. The van der Waals surface area contributed by atoms with Gasteiger partial charge >= 0.3 is 5.97 Å². The smallest absolute Gasteiger partial charge is 0.310 e. The van der Waals surface area contributed by atoms with E-state index < -0.39 is 6.10 Å². The van der Waals surface area contributed by atoms with E-state index in [0.29, 0.717) is 0 Å². The van der Waals surface area contributed by atoms with Gasteiger partial charge in [-0.05, 0) is 23.6 Å². The molecule has 0 aromatic heterocycles. The first-order valence-corrected chi connectivity index (χ1v) is 6.63. The molecule has 2 rings (SSSR count). The number of esters is 1. The minimum atomic E-state index is -0.626. The molecule has 0 aliphatic carbocycles. The Morgan fingerprint density at radius 1 is 1.05 bits per heavy atom. The molecule has 0 bridgehead atoms. The third kappa shape index (κ3) is 4.21. The van der Waals surface area contributed by atoms with E-state index in [1.807, 2.05) is 54.6 Å². The lowest BCUT2D eigenvalue weighted by atomic mass is 10.0. The molecule has 3 nitrogen and oxygen atoms in total. The van der Waals surface area contributed by atoms with Gasteiger partial charge in [0.15, 0.2) is 0 Å². The van der Waals surface area contributed by atoms with Crippen molar-refractivity contribution in [1.82, 2.24) is 0 Å². The van der Waals surface area contributed by atoms with E-state index in [1.165, 1.54) is 0 Å². The number of hydrogen-bond donors (Lipinski definition) is 1. The number of carbonyl (C=O) groups excluding carboxylic acids is 1. The Labute approximate surface area is 118 Å². The monoisotopic (exact) mass is 270 g/mol. The van der Waals surface area contributed by atoms with Gasteiger partial charge in [0, 0.05) is 0 Å². The third-order valence-electron chi connectivity index (χ3n) is 2.90. The summed E-state index contributed by atoms with van der Waals surface area (Å²) >= 11 is 0. The average molecular weight is 270 g/mol. The molecular weight excluding hydrogens is 252 g/mol. The zero-order valence-corrected chi connectivity index (χ0v) is 11.5. The van der Waals surface area contributed by atoms with E-state index in [4.69, 9.17) is 9.84 Å². The highest BCUT2D eigenvalue weighted by Gasteiger charge is 2.06. The lowest BCUT2D eigenvalue weighted by Gasteiger charge is -2.07. The van der Waals surface area contributed by atoms with Gasteiger partial charge in [0.1, 0.15) is 6.61 Å². The Bertz CT molecular complexity index is 544. The molecule has 1 N–H and O–H groups in total. The molecule has 0 saturated carbocycles. The second-order valence-corrected chi connectivity index (χ2v) is 4.77. The molecular formula is C17H18O3. The first-order valence-electron chi connectivity index (χ1n) is 6.63. The van der Waals surface area contributed by atoms with Crippen molar-refractivity contribution in [2.75, 3.05) is 6.61 Å². The third-order valence-corrected chi connectivity index (χ3v) is 2.90. The molecule has 2 aromatic carbocycles. The molecule has 20 heavy (non-hydrogen) atoms. The van der Waals surface area contributed by atoms with Gasteiger partial charge in [-0.15, -0.1) is 0 Å². The number of hydrogen-bond acceptors (Lipinski definition) is 3. The van der Waals surface area contributed by atoms with Crippen LogP contribution in [0.15, 0.2) is 54.6 Å². The maximum absolute atomic E-state index is 11.5. The van der Waals surface area contributed by atoms with Crippen molar-refractivity contribution in [3.8, 4) is 11.1 Å². The highest BCUT2D eigenvalue weighted by atomic mass is 16.5. The quantitative estimate of drug-likeness (QED) is 0.850. The van der Waals surface area contributed by atoms with Crippen molar-refractivity contribution in [1.29, 1.82) is 0 Å². The topological polar surface area (TPSA) is 46.5 Å². The molecule has 1 unspecified atom stereocenters. The fourth-order valence-electron chi connectivity index (χ4n) is 1.88. The Hall–Kier alpha value is -2.13. The van der Waals surface area contributed by atoms with E-state index >= 15 is 0 Å². The molecule has 1 atom stereocenters. The Morgan fingerprint density at radius 3 is 2.25 bits per heavy atom. The second-order valence-electron chi connectivity index (χ2n) is 4.77. The minimum absolute atomic E-state index is 0.0426. The molecule has 0 aliphatic rings. The molecule has 0 radical (unpaired) electrons. The molecule has 0 heterocycles. The fraction of sp³-hybridized carbons (Fsp3) is 0.235. The van der Waals surface area contributed by atoms with Crippen LogP contribution >= 0.6 is 0 Å². The fourth-order valence-corrected chi connectivity index (χ4v) is 1.88. The van der Waals surface area contributed by atoms with Crippen LogP contribution < -0.4 is 0 Å². The van der Waals surface area contributed by atoms with Gasteiger partial charge in [-0.25, -0.2) is 0 Å². The predicted octanol–water partition coefficient (Wildman–Crippen LogP) is 2.82. The van der Waals surface area contributed by atoms with E-state index in [2.05, 4.69) is 0 Å². The molecule has 104 valence electrons. The zero-order chi connectivity index (χ0) is 14.4. The van der Waals surface area contributed by atoms with Crippen LogP contribution in [-0.4, -0.2) is 23.8 Å². The highest BCUT2D eigenvalue weighted by Crippen LogP contribution is 2.19. The van der Waals surface area contributed by atoms with Crippen molar-refractivity contribution in [3.63, 3.8) is 0 Å². The molecule has 0 saturated heterocycles. The standard InChI is InChI=1S/C17H18O3/c1-13(18)12-20-17(19)11-14-7-9-16(10-8-14)15-5-3-2-4-6-15/h2-10,13,18H,11-12H2,1H3. The summed E-state index contributed by atoms with van der Waals surface area (Å²) in [6.45, 7) is 1.63. The van der Waals surface area contributed by atoms with Crippen molar-refractivity contribution in [2.24, 2.45) is 0 Å². The van der Waals surface area contributed by atoms with Crippen molar-refractivity contribution >= 4 is 5.97 Å². The van der Waals surface area contributed by atoms with Crippen molar-refractivity contribution in [3.05, 3.63) is 60.2 Å². The second kappa shape index (κ2) is 6.87. The lowest BCUT2D eigenvalue weighted by Crippen LogP contribution is -2.16. The molecule has 0 fully saturated rings. The van der Waals surface area contributed by atoms with Crippen molar-refractivity contribution in [2.45, 2.75) is 19.4 Å². The van der Waals surface area contributed by atoms with Crippen LogP contribution in [-0.2, 0) is 16.0 Å². The van der Waals surface area contributed by atoms with Gasteiger partial charge in [-0.3, -0.25) is 4.79 Å². The Morgan fingerprint density at radius 2 is 1.65 bits per heavy atom. The van der Waals surface area contributed by atoms with Gasteiger partial charge in [-0.1, -0.05) is 54.6 Å². The zero-order valence-electron chi connectivity index (χ0n) is 11.5. The van der Waals surface area contributed by atoms with Crippen molar-refractivity contribution < 1.29 is 14.6 Å². The molecule has 0 spiro atoms. The summed E-state index contributed by atoms with van der Waals surface area (Å²) in [7, 11) is 0. The lowest BCUT2D eigenvalue weighted by molar-refractivity contribution is -0.145. The maximum Gasteiger partial charge on any atom is 0.310 e. The summed E-state index contributed by atoms with van der Waals surface area (Å²) < 4.78 is 4.93. The number of benzene rings is 2. The summed E-state index contributed by atoms with van der Waals surface area (Å²) in [5, 5.41) is 9.05. The maximum atomic E-state index is 11.5. The van der Waals surface area contributed by atoms with E-state index in [0.717, 1.165) is 16.7 Å². The number of aliphatic hydroxyl groups excluding tert-OH is 1. The van der Waals surface area contributed by atoms with Crippen LogP contribution in [0, 0.1) is 0 Å². The van der Waals surface area contributed by atoms with Crippen LogP contribution in [0.25, 0.3) is 11.1 Å². The molecule has 0 amide bonds. The van der Waals surface area contributed by atoms with Crippen LogP contribution in [0.2, 0.25) is 0 Å². The highest BCUT2D eigenvalue weighted by molar-refractivity contribution is 5.73. The Balaban J connectivity index is 1.97. The number of ether oxygens (including phenoxy) is 1. The first-order chi connectivity index (χ1) is 9.65. The van der Waals surface area contributed by atoms with Crippen LogP contribution in [0.5, 0.6) is 0 Å². The Kier molecular flexibility index (Phi) is 4.91. The predicted molar refractivity (Wildman–Crippen MR) is 78.2 cm³/mol. The summed E-state index contributed by atoms with van der Waals surface area (Å²) in [4.78, 5) is 11.5. The molecule has 3 heteroatoms. The van der Waals surface area contributed by atoms with Crippen LogP contribution in [0.3, 0.4) is 0 Å².